The fourth-order valence-electron chi connectivity index (χ4n) is 4.14. The fourth-order valence-corrected chi connectivity index (χ4v) is 6.39. The van der Waals surface area contributed by atoms with E-state index in [1.165, 1.54) is 44.6 Å². The average molecular weight is 463 g/mol. The molecule has 1 saturated heterocycles. The molecule has 2 N–H and O–H groups in total. The second-order valence-corrected chi connectivity index (χ2v) is 10.5. The summed E-state index contributed by atoms with van der Waals surface area (Å²) in [4.78, 5) is 25.0. The fraction of sp³-hybridized carbons (Fsp3) is 0.429. The monoisotopic (exact) mass is 462 g/mol. The maximum atomic E-state index is 14.8. The van der Waals surface area contributed by atoms with Gasteiger partial charge in [0.25, 0.3) is 0 Å². The molecule has 0 aliphatic carbocycles. The smallest absolute Gasteiger partial charge is 0.232 e. The Morgan fingerprint density at radius 2 is 2.09 bits per heavy atom. The number of aromatic nitrogens is 2. The molecule has 32 heavy (non-hydrogen) atoms. The van der Waals surface area contributed by atoms with Crippen LogP contribution in [0, 0.1) is 5.82 Å². The zero-order chi connectivity index (χ0) is 23.1. The maximum absolute atomic E-state index is 14.8. The van der Waals surface area contributed by atoms with E-state index in [4.69, 9.17) is 15.2 Å². The Labute approximate surface area is 184 Å². The number of hydrogen-bond acceptors (Lipinski definition) is 9. The molecule has 0 saturated carbocycles. The van der Waals surface area contributed by atoms with Gasteiger partial charge in [0, 0.05) is 18.6 Å². The summed E-state index contributed by atoms with van der Waals surface area (Å²) in [6, 6.07) is 4.12. The van der Waals surface area contributed by atoms with E-state index in [0.29, 0.717) is 5.56 Å². The van der Waals surface area contributed by atoms with E-state index >= 15 is 0 Å². The van der Waals surface area contributed by atoms with Crippen molar-refractivity contribution in [2.75, 3.05) is 26.1 Å². The summed E-state index contributed by atoms with van der Waals surface area (Å²) in [7, 11) is -2.34. The van der Waals surface area contributed by atoms with Gasteiger partial charge in [0.15, 0.2) is 20.4 Å². The number of hydrogen-bond donors (Lipinski definition) is 1. The molecule has 4 rings (SSSR count). The van der Waals surface area contributed by atoms with Crippen LogP contribution in [0.3, 0.4) is 0 Å². The number of ketones is 1. The van der Waals surface area contributed by atoms with Gasteiger partial charge in [-0.05, 0) is 31.0 Å². The highest BCUT2D eigenvalue weighted by atomic mass is 32.2. The van der Waals surface area contributed by atoms with Gasteiger partial charge >= 0.3 is 0 Å². The number of benzene rings is 1. The lowest BCUT2D eigenvalue weighted by Crippen LogP contribution is -2.58. The number of rotatable bonds is 5. The number of aliphatic imine (C=N–C) groups is 1. The summed E-state index contributed by atoms with van der Waals surface area (Å²) in [5.74, 6) is -1.17. The van der Waals surface area contributed by atoms with Gasteiger partial charge in [0.2, 0.25) is 5.88 Å². The number of amidine groups is 1. The normalized spacial score (nSPS) is 26.7. The highest BCUT2D eigenvalue weighted by Gasteiger charge is 2.57. The van der Waals surface area contributed by atoms with E-state index in [9.17, 15) is 17.6 Å². The molecule has 1 spiro atoms. The molecule has 11 heteroatoms. The molecule has 1 fully saturated rings. The average Bonchev–Trinajstić information content (AvgIpc) is 3.26. The molecule has 3 heterocycles. The summed E-state index contributed by atoms with van der Waals surface area (Å²) in [6.07, 6.45) is 2.78. The molecule has 0 bridgehead atoms. The number of carbonyl (C=O) groups excluding carboxylic acids is 1. The molecule has 0 radical (unpaired) electrons. The van der Waals surface area contributed by atoms with Crippen LogP contribution in [0.15, 0.2) is 35.6 Å². The third kappa shape index (κ3) is 3.65. The lowest BCUT2D eigenvalue weighted by Gasteiger charge is -2.39. The van der Waals surface area contributed by atoms with Crippen molar-refractivity contribution < 1.29 is 27.1 Å². The molecular formula is C21H23FN4O5S. The Morgan fingerprint density at radius 1 is 1.31 bits per heavy atom. The van der Waals surface area contributed by atoms with Crippen LogP contribution >= 0.6 is 0 Å². The molecule has 2 aliphatic heterocycles. The number of methoxy groups -OCH3 is 1. The van der Waals surface area contributed by atoms with Crippen molar-refractivity contribution in [3.8, 4) is 5.88 Å². The molecule has 0 amide bonds. The molecule has 1 aromatic heterocycles. The Bertz CT molecular complexity index is 1190. The van der Waals surface area contributed by atoms with E-state index in [1.54, 1.807) is 0 Å². The van der Waals surface area contributed by atoms with E-state index < -0.39 is 31.7 Å². The predicted molar refractivity (Wildman–Crippen MR) is 114 cm³/mol. The highest BCUT2D eigenvalue weighted by Crippen LogP contribution is 2.41. The number of carbonyl (C=O) groups is 1. The standard InChI is InChI=1S/C21H23FN4O5S/c1-20(12-32(28,29)21(19(23)26-20)5-6-31-11-21)14-7-13(3-4-15(14)22)8-17(27)16-9-25-18(30-2)10-24-16/h3-4,7,9-10H,5-6,8,11-12H2,1-2H3,(H2,23,26)/t20-,21+/m0/s1. The van der Waals surface area contributed by atoms with Crippen LogP contribution in [0.2, 0.25) is 0 Å². The van der Waals surface area contributed by atoms with Gasteiger partial charge in [0.05, 0.1) is 31.9 Å². The van der Waals surface area contributed by atoms with Crippen molar-refractivity contribution in [1.29, 1.82) is 0 Å². The van der Waals surface area contributed by atoms with Gasteiger partial charge in [-0.2, -0.15) is 0 Å². The number of nitrogens with zero attached hydrogens (tertiary/aromatic N) is 3. The first-order valence-electron chi connectivity index (χ1n) is 9.94. The SMILES string of the molecule is COc1cnc(C(=O)Cc2ccc(F)c([C@]3(C)CS(=O)(=O)[C@@]4(CCOC4)C(N)=N3)c2)cn1. The number of Topliss-reactive ketones (excluding diaryl/α,β-unsaturated/α-hetero) is 1. The van der Waals surface area contributed by atoms with Gasteiger partial charge in [-0.15, -0.1) is 0 Å². The zero-order valence-corrected chi connectivity index (χ0v) is 18.5. The van der Waals surface area contributed by atoms with Gasteiger partial charge in [-0.3, -0.25) is 9.79 Å². The van der Waals surface area contributed by atoms with Gasteiger partial charge in [0.1, 0.15) is 22.9 Å². The summed E-state index contributed by atoms with van der Waals surface area (Å²) in [6.45, 7) is 1.74. The van der Waals surface area contributed by atoms with Crippen molar-refractivity contribution in [2.45, 2.75) is 30.1 Å². The largest absolute Gasteiger partial charge is 0.480 e. The number of nitrogens with two attached hydrogens (primary N) is 1. The molecule has 170 valence electrons. The first-order chi connectivity index (χ1) is 15.1. The Kier molecular flexibility index (Phi) is 5.49. The zero-order valence-electron chi connectivity index (χ0n) is 17.7. The molecular weight excluding hydrogens is 439 g/mol. The van der Waals surface area contributed by atoms with Gasteiger partial charge in [-0.1, -0.05) is 6.07 Å². The Balaban J connectivity index is 1.66. The van der Waals surface area contributed by atoms with Crippen molar-refractivity contribution in [3.63, 3.8) is 0 Å². The maximum Gasteiger partial charge on any atom is 0.232 e. The second kappa shape index (κ2) is 7.89. The number of halogens is 1. The minimum Gasteiger partial charge on any atom is -0.480 e. The molecule has 2 atom stereocenters. The van der Waals surface area contributed by atoms with E-state index in [1.807, 2.05) is 0 Å². The van der Waals surface area contributed by atoms with Crippen molar-refractivity contribution in [1.82, 2.24) is 9.97 Å². The van der Waals surface area contributed by atoms with Crippen LogP contribution in [0.4, 0.5) is 4.39 Å². The van der Waals surface area contributed by atoms with E-state index in [0.717, 1.165) is 0 Å². The lowest BCUT2D eigenvalue weighted by molar-refractivity contribution is 0.0987. The van der Waals surface area contributed by atoms with Gasteiger partial charge < -0.3 is 15.2 Å². The third-order valence-electron chi connectivity index (χ3n) is 5.98. The van der Waals surface area contributed by atoms with Crippen LogP contribution in [0.25, 0.3) is 0 Å². The summed E-state index contributed by atoms with van der Waals surface area (Å²) in [5.41, 5.74) is 5.37. The molecule has 2 aliphatic rings. The Hall–Kier alpha value is -2.92. The van der Waals surface area contributed by atoms with Gasteiger partial charge in [-0.25, -0.2) is 22.8 Å². The second-order valence-electron chi connectivity index (χ2n) is 8.19. The summed E-state index contributed by atoms with van der Waals surface area (Å²) >= 11 is 0. The Morgan fingerprint density at radius 3 is 2.69 bits per heavy atom. The number of sulfone groups is 1. The summed E-state index contributed by atoms with van der Waals surface area (Å²) < 4.78 is 50.0. The molecule has 9 nitrogen and oxygen atoms in total. The summed E-state index contributed by atoms with van der Waals surface area (Å²) in [5, 5.41) is 0. The lowest BCUT2D eigenvalue weighted by atomic mass is 9.90. The number of ether oxygens (including phenoxy) is 2. The van der Waals surface area contributed by atoms with Crippen molar-refractivity contribution in [2.24, 2.45) is 10.7 Å². The quantitative estimate of drug-likeness (QED) is 0.656. The minimum absolute atomic E-state index is 0.0549. The molecule has 2 aromatic rings. The van der Waals surface area contributed by atoms with Crippen LogP contribution in [-0.4, -0.2) is 60.8 Å². The van der Waals surface area contributed by atoms with Crippen LogP contribution in [0.1, 0.15) is 35.0 Å². The van der Waals surface area contributed by atoms with Crippen LogP contribution < -0.4 is 10.5 Å². The van der Waals surface area contributed by atoms with Crippen molar-refractivity contribution in [3.05, 3.63) is 53.2 Å². The third-order valence-corrected chi connectivity index (χ3v) is 8.65. The van der Waals surface area contributed by atoms with E-state index in [-0.39, 0.29) is 54.8 Å². The first kappa shape index (κ1) is 22.3. The van der Waals surface area contributed by atoms with Crippen LogP contribution in [0.5, 0.6) is 5.88 Å². The molecule has 1 aromatic carbocycles. The highest BCUT2D eigenvalue weighted by molar-refractivity contribution is 7.93. The van der Waals surface area contributed by atoms with E-state index in [2.05, 4.69) is 15.0 Å². The van der Waals surface area contributed by atoms with Crippen molar-refractivity contribution >= 4 is 21.5 Å². The topological polar surface area (TPSA) is 134 Å². The first-order valence-corrected chi connectivity index (χ1v) is 11.6. The minimum atomic E-state index is -3.77. The van der Waals surface area contributed by atoms with Crippen LogP contribution in [-0.2, 0) is 26.5 Å². The molecule has 0 unspecified atom stereocenters. The predicted octanol–water partition coefficient (Wildman–Crippen LogP) is 1.21.